The fraction of sp³-hybridized carbons (Fsp3) is 0.462. The van der Waals surface area contributed by atoms with Crippen molar-refractivity contribution >= 4 is 17.8 Å². The number of carboxylic acids is 1. The molecule has 2 aliphatic carbocycles. The van der Waals surface area contributed by atoms with Gasteiger partial charge in [-0.3, -0.25) is 14.6 Å². The Hall–Kier alpha value is -3.43. The Morgan fingerprint density at radius 3 is 2.33 bits per heavy atom. The summed E-state index contributed by atoms with van der Waals surface area (Å²) in [5.74, 6) is -2.22. The lowest BCUT2D eigenvalue weighted by molar-refractivity contribution is -0.192. The first-order valence-electron chi connectivity index (χ1n) is 12.0. The van der Waals surface area contributed by atoms with Crippen LogP contribution in [0.1, 0.15) is 65.9 Å². The second-order valence-corrected chi connectivity index (χ2v) is 9.65. The van der Waals surface area contributed by atoms with Crippen LogP contribution in [0.4, 0.5) is 13.2 Å². The van der Waals surface area contributed by atoms with Gasteiger partial charge in [-0.05, 0) is 66.7 Å². The van der Waals surface area contributed by atoms with Crippen LogP contribution < -0.4 is 5.32 Å². The molecule has 1 saturated carbocycles. The van der Waals surface area contributed by atoms with Crippen LogP contribution in [0.5, 0.6) is 0 Å². The van der Waals surface area contributed by atoms with Crippen molar-refractivity contribution in [2.24, 2.45) is 0 Å². The molecule has 2 amide bonds. The minimum Gasteiger partial charge on any atom is -0.475 e. The summed E-state index contributed by atoms with van der Waals surface area (Å²) >= 11 is 0. The summed E-state index contributed by atoms with van der Waals surface area (Å²) in [5, 5.41) is 10.3. The molecule has 1 saturated heterocycles. The van der Waals surface area contributed by atoms with Crippen molar-refractivity contribution in [1.29, 1.82) is 0 Å². The van der Waals surface area contributed by atoms with Gasteiger partial charge in [0.2, 0.25) is 5.91 Å². The van der Waals surface area contributed by atoms with E-state index in [1.54, 1.807) is 12.4 Å². The molecule has 7 nitrogen and oxygen atoms in total. The Balaban J connectivity index is 0.000000384. The number of aromatic nitrogens is 1. The molecule has 2 aromatic rings. The zero-order chi connectivity index (χ0) is 25.9. The maximum atomic E-state index is 12.8. The van der Waals surface area contributed by atoms with Crippen LogP contribution in [-0.4, -0.2) is 58.1 Å². The Labute approximate surface area is 206 Å². The molecule has 1 unspecified atom stereocenters. The standard InChI is InChI=1S/C24H27N3O2.C2HF3O2/c28-22(26-19-7-8-19)14-18-15-24(21-6-2-1-5-20(18)21)9-12-27(13-10-24)23(29)17-4-3-11-25-16-17;3-2(4,5)1(6)7/h1-6,11,16,18-19H,7-10,12-15H2,(H,26,28);(H,6,7). The molecule has 1 spiro atoms. The number of hydrogen-bond donors (Lipinski definition) is 2. The first-order chi connectivity index (χ1) is 17.1. The van der Waals surface area contributed by atoms with E-state index in [-0.39, 0.29) is 23.1 Å². The third kappa shape index (κ3) is 5.85. The topological polar surface area (TPSA) is 99.6 Å². The van der Waals surface area contributed by atoms with E-state index in [0.29, 0.717) is 18.0 Å². The summed E-state index contributed by atoms with van der Waals surface area (Å²) in [4.78, 5) is 40.2. The van der Waals surface area contributed by atoms with Gasteiger partial charge in [0.25, 0.3) is 5.91 Å². The van der Waals surface area contributed by atoms with Crippen LogP contribution in [0, 0.1) is 0 Å². The molecule has 2 fully saturated rings. The molecule has 2 N–H and O–H groups in total. The largest absolute Gasteiger partial charge is 0.490 e. The maximum Gasteiger partial charge on any atom is 0.490 e. The molecule has 3 aliphatic rings. The molecule has 1 aromatic heterocycles. The van der Waals surface area contributed by atoms with Gasteiger partial charge >= 0.3 is 12.1 Å². The first kappa shape index (κ1) is 25.7. The van der Waals surface area contributed by atoms with E-state index in [1.165, 1.54) is 11.1 Å². The average Bonchev–Trinajstić information content (AvgIpc) is 3.63. The number of rotatable bonds is 4. The Kier molecular flexibility index (Phi) is 7.33. The normalized spacial score (nSPS) is 20.2. The summed E-state index contributed by atoms with van der Waals surface area (Å²) < 4.78 is 31.7. The summed E-state index contributed by atoms with van der Waals surface area (Å²) in [6, 6.07) is 12.7. The molecule has 10 heteroatoms. The SMILES string of the molecule is O=C(CC1CC2(CCN(C(=O)c3cccnc3)CC2)c2ccccc21)NC1CC1.O=C(O)C(F)(F)F. The van der Waals surface area contributed by atoms with Gasteiger partial charge in [-0.2, -0.15) is 13.2 Å². The van der Waals surface area contributed by atoms with Gasteiger partial charge in [0.05, 0.1) is 5.56 Å². The fourth-order valence-electron chi connectivity index (χ4n) is 5.23. The highest BCUT2D eigenvalue weighted by Gasteiger charge is 2.46. The molecule has 0 radical (unpaired) electrons. The number of hydrogen-bond acceptors (Lipinski definition) is 4. The van der Waals surface area contributed by atoms with Crippen LogP contribution in [0.2, 0.25) is 0 Å². The Morgan fingerprint density at radius 2 is 1.75 bits per heavy atom. The molecule has 1 aliphatic heterocycles. The quantitative estimate of drug-likeness (QED) is 0.656. The highest BCUT2D eigenvalue weighted by molar-refractivity contribution is 5.94. The number of benzene rings is 1. The second-order valence-electron chi connectivity index (χ2n) is 9.65. The van der Waals surface area contributed by atoms with Gasteiger partial charge in [-0.15, -0.1) is 0 Å². The lowest BCUT2D eigenvalue weighted by atomic mass is 9.73. The second kappa shape index (κ2) is 10.3. The van der Waals surface area contributed by atoms with Gasteiger partial charge in [0, 0.05) is 37.9 Å². The molecular formula is C26H28F3N3O4. The average molecular weight is 504 g/mol. The summed E-state index contributed by atoms with van der Waals surface area (Å²) in [6.45, 7) is 1.51. The van der Waals surface area contributed by atoms with Crippen LogP contribution in [0.15, 0.2) is 48.8 Å². The Morgan fingerprint density at radius 1 is 1.08 bits per heavy atom. The number of carbonyl (C=O) groups is 3. The van der Waals surface area contributed by atoms with Crippen molar-refractivity contribution in [2.45, 2.75) is 62.1 Å². The van der Waals surface area contributed by atoms with Crippen LogP contribution in [0.25, 0.3) is 0 Å². The van der Waals surface area contributed by atoms with Crippen LogP contribution >= 0.6 is 0 Å². The van der Waals surface area contributed by atoms with E-state index < -0.39 is 12.1 Å². The van der Waals surface area contributed by atoms with Gasteiger partial charge in [0.1, 0.15) is 0 Å². The van der Waals surface area contributed by atoms with Gasteiger partial charge < -0.3 is 15.3 Å². The molecule has 2 heterocycles. The number of pyridine rings is 1. The van der Waals surface area contributed by atoms with Crippen LogP contribution in [-0.2, 0) is 15.0 Å². The molecular weight excluding hydrogens is 475 g/mol. The highest BCUT2D eigenvalue weighted by atomic mass is 19.4. The predicted molar refractivity (Wildman–Crippen MR) is 124 cm³/mol. The van der Waals surface area contributed by atoms with Crippen molar-refractivity contribution < 1.29 is 32.7 Å². The number of fused-ring (bicyclic) bond motifs is 2. The molecule has 192 valence electrons. The smallest absolute Gasteiger partial charge is 0.475 e. The van der Waals surface area contributed by atoms with E-state index in [0.717, 1.165) is 45.2 Å². The van der Waals surface area contributed by atoms with E-state index in [1.807, 2.05) is 17.0 Å². The number of nitrogens with one attached hydrogen (secondary N) is 1. The third-order valence-electron chi connectivity index (χ3n) is 7.14. The first-order valence-corrected chi connectivity index (χ1v) is 12.0. The van der Waals surface area contributed by atoms with Crippen molar-refractivity contribution in [2.75, 3.05) is 13.1 Å². The summed E-state index contributed by atoms with van der Waals surface area (Å²) in [7, 11) is 0. The summed E-state index contributed by atoms with van der Waals surface area (Å²) in [5.41, 5.74) is 3.49. The minimum absolute atomic E-state index is 0.0691. The zero-order valence-electron chi connectivity index (χ0n) is 19.6. The van der Waals surface area contributed by atoms with E-state index >= 15 is 0 Å². The molecule has 1 atom stereocenters. The van der Waals surface area contributed by atoms with Crippen molar-refractivity contribution in [3.8, 4) is 0 Å². The molecule has 1 aromatic carbocycles. The van der Waals surface area contributed by atoms with Crippen LogP contribution in [0.3, 0.4) is 0 Å². The third-order valence-corrected chi connectivity index (χ3v) is 7.14. The number of alkyl halides is 3. The fourth-order valence-corrected chi connectivity index (χ4v) is 5.23. The molecule has 36 heavy (non-hydrogen) atoms. The van der Waals surface area contributed by atoms with E-state index in [9.17, 15) is 22.8 Å². The number of amides is 2. The number of nitrogens with zero attached hydrogens (tertiary/aromatic N) is 2. The number of piperidine rings is 1. The van der Waals surface area contributed by atoms with Gasteiger partial charge in [-0.1, -0.05) is 24.3 Å². The Bertz CT molecular complexity index is 1110. The summed E-state index contributed by atoms with van der Waals surface area (Å²) in [6.07, 6.45) is 4.00. The lowest BCUT2D eigenvalue weighted by Gasteiger charge is -2.40. The van der Waals surface area contributed by atoms with Crippen molar-refractivity contribution in [3.63, 3.8) is 0 Å². The number of likely N-dealkylation sites (tertiary alicyclic amines) is 1. The number of halogens is 3. The number of aliphatic carboxylic acids is 1. The minimum atomic E-state index is -5.08. The lowest BCUT2D eigenvalue weighted by Crippen LogP contribution is -2.44. The van der Waals surface area contributed by atoms with Crippen molar-refractivity contribution in [3.05, 3.63) is 65.5 Å². The number of carbonyl (C=O) groups excluding carboxylic acids is 2. The predicted octanol–water partition coefficient (Wildman–Crippen LogP) is 4.04. The highest BCUT2D eigenvalue weighted by Crippen LogP contribution is 2.52. The zero-order valence-corrected chi connectivity index (χ0v) is 19.6. The van der Waals surface area contributed by atoms with E-state index in [2.05, 4.69) is 34.6 Å². The van der Waals surface area contributed by atoms with Crippen molar-refractivity contribution in [1.82, 2.24) is 15.2 Å². The molecule has 0 bridgehead atoms. The molecule has 5 rings (SSSR count). The van der Waals surface area contributed by atoms with Gasteiger partial charge in [-0.25, -0.2) is 4.79 Å². The van der Waals surface area contributed by atoms with E-state index in [4.69, 9.17) is 9.90 Å². The number of carboxylic acid groups (broad SMARTS) is 1. The maximum absolute atomic E-state index is 12.8. The monoisotopic (exact) mass is 503 g/mol. The van der Waals surface area contributed by atoms with Gasteiger partial charge in [0.15, 0.2) is 0 Å².